The van der Waals surface area contributed by atoms with Crippen molar-refractivity contribution in [1.29, 1.82) is 0 Å². The molecule has 9 heteroatoms. The van der Waals surface area contributed by atoms with Crippen molar-refractivity contribution in [2.24, 2.45) is 17.8 Å². The van der Waals surface area contributed by atoms with Gasteiger partial charge >= 0.3 is 5.97 Å². The average molecular weight is 728 g/mol. The van der Waals surface area contributed by atoms with Gasteiger partial charge in [-0.1, -0.05) is 33.3 Å². The van der Waals surface area contributed by atoms with Crippen molar-refractivity contribution >= 4 is 34.5 Å². The maximum Gasteiger partial charge on any atom is 0.332 e. The highest BCUT2D eigenvalue weighted by Gasteiger charge is 2.58. The van der Waals surface area contributed by atoms with E-state index in [1.54, 1.807) is 20.3 Å². The molecule has 1 amide bonds. The fourth-order valence-electron chi connectivity index (χ4n) is 7.42. The lowest BCUT2D eigenvalue weighted by molar-refractivity contribution is -0.174. The van der Waals surface area contributed by atoms with Gasteiger partial charge in [-0.15, -0.1) is 0 Å². The Kier molecular flexibility index (Phi) is 9.59. The summed E-state index contributed by atoms with van der Waals surface area (Å²) >= 11 is 2.32. The summed E-state index contributed by atoms with van der Waals surface area (Å²) in [5, 5.41) is 8.25. The molecule has 0 radical (unpaired) electrons. The molecule has 2 aromatic carbocycles. The van der Waals surface area contributed by atoms with Crippen molar-refractivity contribution in [3.8, 4) is 28.4 Å². The summed E-state index contributed by atoms with van der Waals surface area (Å²) in [5.74, 6) is 1.14. The quantitative estimate of drug-likeness (QED) is 0.187. The maximum absolute atomic E-state index is 14.5. The number of ether oxygens (including phenoxy) is 3. The number of nitrogens with zero attached hydrogens (tertiary/aromatic N) is 2. The highest BCUT2D eigenvalue weighted by Crippen LogP contribution is 2.50. The predicted octanol–water partition coefficient (Wildman–Crippen LogP) is 7.94. The van der Waals surface area contributed by atoms with E-state index in [2.05, 4.69) is 54.7 Å². The molecular weight excluding hydrogens is 681 g/mol. The minimum Gasteiger partial charge on any atom is -0.496 e. The van der Waals surface area contributed by atoms with Crippen molar-refractivity contribution < 1.29 is 23.8 Å². The van der Waals surface area contributed by atoms with Crippen LogP contribution in [0.1, 0.15) is 95.6 Å². The first-order valence-corrected chi connectivity index (χ1v) is 17.0. The van der Waals surface area contributed by atoms with Crippen LogP contribution in [-0.4, -0.2) is 47.0 Å². The highest BCUT2D eigenvalue weighted by atomic mass is 127. The minimum absolute atomic E-state index is 0.00147. The van der Waals surface area contributed by atoms with Crippen LogP contribution in [0.5, 0.6) is 11.5 Å². The number of methoxy groups -OCH3 is 2. The zero-order chi connectivity index (χ0) is 32.7. The summed E-state index contributed by atoms with van der Waals surface area (Å²) in [6, 6.07) is 13.6. The van der Waals surface area contributed by atoms with E-state index in [-0.39, 0.29) is 29.4 Å². The lowest BCUT2D eigenvalue weighted by atomic mass is 9.56. The van der Waals surface area contributed by atoms with Gasteiger partial charge in [-0.05, 0) is 135 Å². The Morgan fingerprint density at radius 1 is 1.02 bits per heavy atom. The summed E-state index contributed by atoms with van der Waals surface area (Å²) in [7, 11) is 3.23. The fraction of sp³-hybridized carbons (Fsp3) is 0.528. The van der Waals surface area contributed by atoms with Crippen LogP contribution in [-0.2, 0) is 9.53 Å². The van der Waals surface area contributed by atoms with Gasteiger partial charge in [0.15, 0.2) is 5.69 Å². The second-order valence-electron chi connectivity index (χ2n) is 13.9. The van der Waals surface area contributed by atoms with Gasteiger partial charge in [0, 0.05) is 3.57 Å². The van der Waals surface area contributed by atoms with Gasteiger partial charge in [-0.3, -0.25) is 4.79 Å². The summed E-state index contributed by atoms with van der Waals surface area (Å²) in [6.45, 7) is 12.2. The van der Waals surface area contributed by atoms with Crippen LogP contribution < -0.4 is 14.8 Å². The van der Waals surface area contributed by atoms with Gasteiger partial charge in [0.1, 0.15) is 22.6 Å². The van der Waals surface area contributed by atoms with Crippen LogP contribution >= 0.6 is 22.6 Å². The second kappa shape index (κ2) is 13.0. The summed E-state index contributed by atoms with van der Waals surface area (Å²) in [5.41, 5.74) is 1.72. The predicted molar refractivity (Wildman–Crippen MR) is 184 cm³/mol. The molecule has 2 saturated carbocycles. The number of hydrogen-bond donors (Lipinski definition) is 1. The number of benzene rings is 2. The molecule has 2 fully saturated rings. The van der Waals surface area contributed by atoms with Crippen LogP contribution in [0.2, 0.25) is 0 Å². The first-order valence-electron chi connectivity index (χ1n) is 16.0. The standard InChI is InChI=1S/C36H46IN3O5/c1-21(2)26-19-25(37)15-16-28(26)40-29(32-30(43-7)13-10-14-31(32)44-8)20-27(39-40)33(41)38-36(34(42)45-35(4,5)6)23-11-9-12-24(36)18-22(3)17-23/h10,13-16,19-24H,9,11-12,17-18H2,1-8H3,(H,38,41). The van der Waals surface area contributed by atoms with Crippen molar-refractivity contribution in [1.82, 2.24) is 15.1 Å². The first kappa shape index (κ1) is 33.3. The Morgan fingerprint density at radius 3 is 2.20 bits per heavy atom. The Morgan fingerprint density at radius 2 is 1.64 bits per heavy atom. The third-order valence-electron chi connectivity index (χ3n) is 9.29. The monoisotopic (exact) mass is 727 g/mol. The summed E-state index contributed by atoms with van der Waals surface area (Å²) in [6.07, 6.45) is 4.53. The zero-order valence-corrected chi connectivity index (χ0v) is 29.9. The summed E-state index contributed by atoms with van der Waals surface area (Å²) < 4.78 is 20.6. The zero-order valence-electron chi connectivity index (χ0n) is 27.7. The van der Waals surface area contributed by atoms with Crippen LogP contribution in [0.4, 0.5) is 0 Å². The number of hydrogen-bond acceptors (Lipinski definition) is 6. The third kappa shape index (κ3) is 6.46. The third-order valence-corrected chi connectivity index (χ3v) is 9.96. The molecule has 2 atom stereocenters. The molecule has 2 bridgehead atoms. The number of fused-ring (bicyclic) bond motifs is 2. The van der Waals surface area contributed by atoms with Crippen molar-refractivity contribution in [2.75, 3.05) is 14.2 Å². The molecule has 2 aliphatic carbocycles. The Bertz CT molecular complexity index is 1540. The number of nitrogens with one attached hydrogen (secondary N) is 1. The first-order chi connectivity index (χ1) is 21.3. The molecule has 1 aromatic heterocycles. The van der Waals surface area contributed by atoms with Gasteiger partial charge in [-0.25, -0.2) is 9.48 Å². The van der Waals surface area contributed by atoms with E-state index in [9.17, 15) is 9.59 Å². The molecule has 45 heavy (non-hydrogen) atoms. The number of rotatable bonds is 8. The number of carbonyl (C=O) groups excluding carboxylic acids is 2. The Labute approximate surface area is 280 Å². The molecular formula is C36H46IN3O5. The van der Waals surface area contributed by atoms with Crippen LogP contribution in [0.25, 0.3) is 16.9 Å². The number of amides is 1. The van der Waals surface area contributed by atoms with Crippen molar-refractivity contribution in [2.45, 2.75) is 90.7 Å². The van der Waals surface area contributed by atoms with Crippen LogP contribution in [0.15, 0.2) is 42.5 Å². The fourth-order valence-corrected chi connectivity index (χ4v) is 7.93. The molecule has 0 spiro atoms. The van der Waals surface area contributed by atoms with E-state index < -0.39 is 17.0 Å². The van der Waals surface area contributed by atoms with E-state index in [0.29, 0.717) is 28.7 Å². The molecule has 5 rings (SSSR count). The van der Waals surface area contributed by atoms with E-state index in [1.165, 1.54) is 0 Å². The van der Waals surface area contributed by atoms with E-state index in [4.69, 9.17) is 19.3 Å². The average Bonchev–Trinajstić information content (AvgIpc) is 3.41. The van der Waals surface area contributed by atoms with E-state index in [0.717, 1.165) is 46.9 Å². The van der Waals surface area contributed by atoms with Crippen molar-refractivity contribution in [3.63, 3.8) is 0 Å². The topological polar surface area (TPSA) is 91.7 Å². The molecule has 2 aliphatic rings. The molecule has 8 nitrogen and oxygen atoms in total. The maximum atomic E-state index is 14.5. The smallest absolute Gasteiger partial charge is 0.332 e. The van der Waals surface area contributed by atoms with Gasteiger partial charge in [0.05, 0.1) is 31.2 Å². The van der Waals surface area contributed by atoms with Gasteiger partial charge in [0.2, 0.25) is 0 Å². The Hall–Kier alpha value is -3.08. The van der Waals surface area contributed by atoms with Crippen LogP contribution in [0, 0.1) is 21.3 Å². The van der Waals surface area contributed by atoms with E-state index in [1.807, 2.05) is 55.8 Å². The van der Waals surface area contributed by atoms with Crippen molar-refractivity contribution in [3.05, 3.63) is 57.3 Å². The number of esters is 1. The molecule has 2 unspecified atom stereocenters. The normalized spacial score (nSPS) is 23.0. The number of aromatic nitrogens is 2. The lowest BCUT2D eigenvalue weighted by Crippen LogP contribution is -2.68. The highest BCUT2D eigenvalue weighted by molar-refractivity contribution is 14.1. The Balaban J connectivity index is 1.68. The second-order valence-corrected chi connectivity index (χ2v) is 15.2. The molecule has 0 aliphatic heterocycles. The largest absolute Gasteiger partial charge is 0.496 e. The van der Waals surface area contributed by atoms with Gasteiger partial charge in [0.25, 0.3) is 5.91 Å². The number of carbonyl (C=O) groups is 2. The molecule has 3 aromatic rings. The lowest BCUT2D eigenvalue weighted by Gasteiger charge is -2.53. The molecule has 0 saturated heterocycles. The number of halogens is 1. The van der Waals surface area contributed by atoms with E-state index >= 15 is 0 Å². The molecule has 1 heterocycles. The van der Waals surface area contributed by atoms with Gasteiger partial charge in [-0.2, -0.15) is 5.10 Å². The minimum atomic E-state index is -1.10. The van der Waals surface area contributed by atoms with Crippen LogP contribution in [0.3, 0.4) is 0 Å². The SMILES string of the molecule is COc1cccc(OC)c1-c1cc(C(=O)NC2(C(=O)OC(C)(C)C)C3CCCC2CC(C)C3)nn1-c1ccc(I)cc1C(C)C. The van der Waals surface area contributed by atoms with Gasteiger partial charge < -0.3 is 19.5 Å². The molecule has 242 valence electrons. The summed E-state index contributed by atoms with van der Waals surface area (Å²) in [4.78, 5) is 28.6. The molecule has 1 N–H and O–H groups in total.